The van der Waals surface area contributed by atoms with Crippen LogP contribution in [0.15, 0.2) is 34.7 Å². The molecule has 0 aliphatic heterocycles. The minimum absolute atomic E-state index is 0.257. The highest BCUT2D eigenvalue weighted by molar-refractivity contribution is 7.59. The standard InChI is InChI=1S/C11H10N3O4P/c12-6-1-2-7-8(5-6)14-11(13-7)9-3-4-10(18-9)19(15,16)17/h1-5H,12H2,(H,13,14)(H2,15,16,17). The lowest BCUT2D eigenvalue weighted by molar-refractivity contribution is 0.377. The molecule has 0 unspecified atom stereocenters. The van der Waals surface area contributed by atoms with Crippen LogP contribution in [0.1, 0.15) is 0 Å². The van der Waals surface area contributed by atoms with Crippen molar-refractivity contribution in [3.8, 4) is 11.6 Å². The number of furan rings is 1. The second kappa shape index (κ2) is 3.96. The number of nitrogens with one attached hydrogen (secondary N) is 1. The minimum atomic E-state index is -4.39. The molecule has 0 bridgehead atoms. The lowest BCUT2D eigenvalue weighted by atomic mass is 10.3. The third-order valence-electron chi connectivity index (χ3n) is 2.62. The number of hydrogen-bond donors (Lipinski definition) is 4. The molecule has 0 aliphatic carbocycles. The van der Waals surface area contributed by atoms with Crippen LogP contribution in [-0.4, -0.2) is 19.8 Å². The van der Waals surface area contributed by atoms with Gasteiger partial charge in [-0.1, -0.05) is 0 Å². The first-order chi connectivity index (χ1) is 8.93. The average molecular weight is 279 g/mol. The SMILES string of the molecule is Nc1ccc2nc(-c3ccc(P(=O)(O)O)o3)[nH]c2c1. The van der Waals surface area contributed by atoms with Gasteiger partial charge in [-0.3, -0.25) is 4.57 Å². The third-order valence-corrected chi connectivity index (χ3v) is 3.43. The Morgan fingerprint density at radius 1 is 1.26 bits per heavy atom. The van der Waals surface area contributed by atoms with Crippen molar-refractivity contribution in [3.63, 3.8) is 0 Å². The maximum absolute atomic E-state index is 11.0. The number of nitrogen functional groups attached to an aromatic ring is 1. The van der Waals surface area contributed by atoms with Crippen molar-refractivity contribution >= 4 is 29.8 Å². The molecule has 8 heteroatoms. The smallest absolute Gasteiger partial charge is 0.391 e. The van der Waals surface area contributed by atoms with Gasteiger partial charge < -0.3 is 24.9 Å². The van der Waals surface area contributed by atoms with Gasteiger partial charge in [0.2, 0.25) is 5.50 Å². The molecule has 5 N–H and O–H groups in total. The van der Waals surface area contributed by atoms with Gasteiger partial charge in [-0.05, 0) is 30.3 Å². The van der Waals surface area contributed by atoms with Gasteiger partial charge in [0.1, 0.15) is 0 Å². The van der Waals surface area contributed by atoms with Gasteiger partial charge in [-0.2, -0.15) is 0 Å². The van der Waals surface area contributed by atoms with Crippen molar-refractivity contribution in [1.29, 1.82) is 0 Å². The van der Waals surface area contributed by atoms with Crippen LogP contribution in [-0.2, 0) is 4.57 Å². The van der Waals surface area contributed by atoms with Gasteiger partial charge >= 0.3 is 7.60 Å². The molecule has 0 aliphatic rings. The van der Waals surface area contributed by atoms with Gasteiger partial charge in [0, 0.05) is 5.69 Å². The largest absolute Gasteiger partial charge is 0.445 e. The highest BCUT2D eigenvalue weighted by atomic mass is 31.2. The Bertz CT molecular complexity index is 801. The summed E-state index contributed by atoms with van der Waals surface area (Å²) >= 11 is 0. The average Bonchev–Trinajstić information content (AvgIpc) is 2.92. The summed E-state index contributed by atoms with van der Waals surface area (Å²) in [4.78, 5) is 25.2. The fourth-order valence-corrected chi connectivity index (χ4v) is 2.24. The summed E-state index contributed by atoms with van der Waals surface area (Å²) in [6.45, 7) is 0. The van der Waals surface area contributed by atoms with E-state index in [1.807, 2.05) is 0 Å². The Balaban J connectivity index is 2.09. The van der Waals surface area contributed by atoms with Crippen molar-refractivity contribution in [2.75, 3.05) is 5.73 Å². The first-order valence-electron chi connectivity index (χ1n) is 5.35. The maximum atomic E-state index is 11.0. The van der Waals surface area contributed by atoms with Gasteiger partial charge in [-0.15, -0.1) is 0 Å². The van der Waals surface area contributed by atoms with E-state index in [1.54, 1.807) is 18.2 Å². The van der Waals surface area contributed by atoms with E-state index in [4.69, 9.17) is 19.9 Å². The van der Waals surface area contributed by atoms with E-state index in [0.717, 1.165) is 5.52 Å². The number of hydrogen-bond acceptors (Lipinski definition) is 4. The zero-order valence-corrected chi connectivity index (χ0v) is 10.5. The van der Waals surface area contributed by atoms with Crippen molar-refractivity contribution in [1.82, 2.24) is 9.97 Å². The summed E-state index contributed by atoms with van der Waals surface area (Å²) in [5.74, 6) is 0.647. The molecular weight excluding hydrogens is 269 g/mol. The Labute approximate surface area is 107 Å². The van der Waals surface area contributed by atoms with E-state index in [1.165, 1.54) is 12.1 Å². The van der Waals surface area contributed by atoms with Gasteiger partial charge in [-0.25, -0.2) is 4.98 Å². The molecule has 0 saturated carbocycles. The third kappa shape index (κ3) is 2.15. The normalized spacial score (nSPS) is 12.1. The number of nitrogens with zero attached hydrogens (tertiary/aromatic N) is 1. The molecule has 2 aromatic heterocycles. The molecule has 2 heterocycles. The van der Waals surface area contributed by atoms with Crippen LogP contribution < -0.4 is 11.2 Å². The number of aromatic nitrogens is 2. The van der Waals surface area contributed by atoms with Crippen LogP contribution in [0, 0.1) is 0 Å². The first-order valence-corrected chi connectivity index (χ1v) is 6.96. The number of fused-ring (bicyclic) bond motifs is 1. The lowest BCUT2D eigenvalue weighted by Gasteiger charge is -1.97. The number of rotatable bonds is 2. The van der Waals surface area contributed by atoms with Crippen molar-refractivity contribution in [2.45, 2.75) is 0 Å². The molecule has 7 nitrogen and oxygen atoms in total. The van der Waals surface area contributed by atoms with E-state index in [9.17, 15) is 4.57 Å². The summed E-state index contributed by atoms with van der Waals surface area (Å²) in [6.07, 6.45) is 0. The first kappa shape index (κ1) is 12.0. The lowest BCUT2D eigenvalue weighted by Crippen LogP contribution is -1.98. The highest BCUT2D eigenvalue weighted by Crippen LogP contribution is 2.35. The number of anilines is 1. The Hall–Kier alpha value is -2.08. The van der Waals surface area contributed by atoms with Crippen LogP contribution in [0.2, 0.25) is 0 Å². The highest BCUT2D eigenvalue weighted by Gasteiger charge is 2.23. The molecule has 0 saturated heterocycles. The molecule has 19 heavy (non-hydrogen) atoms. The number of nitrogens with two attached hydrogens (primary N) is 1. The molecule has 0 spiro atoms. The zero-order valence-electron chi connectivity index (χ0n) is 9.57. The summed E-state index contributed by atoms with van der Waals surface area (Å²) in [5, 5.41) is 0. The molecule has 1 aromatic carbocycles. The second-order valence-corrected chi connectivity index (χ2v) is 5.57. The van der Waals surface area contributed by atoms with E-state index >= 15 is 0 Å². The summed E-state index contributed by atoms with van der Waals surface area (Å²) < 4.78 is 16.2. The van der Waals surface area contributed by atoms with E-state index < -0.39 is 7.60 Å². The summed E-state index contributed by atoms with van der Waals surface area (Å²) in [7, 11) is -4.39. The van der Waals surface area contributed by atoms with E-state index in [-0.39, 0.29) is 11.3 Å². The van der Waals surface area contributed by atoms with E-state index in [2.05, 4.69) is 9.97 Å². The molecule has 0 radical (unpaired) electrons. The van der Waals surface area contributed by atoms with Crippen molar-refractivity contribution < 1.29 is 18.8 Å². The van der Waals surface area contributed by atoms with Crippen molar-refractivity contribution in [2.24, 2.45) is 0 Å². The number of H-pyrrole nitrogens is 1. The van der Waals surface area contributed by atoms with Crippen LogP contribution >= 0.6 is 7.60 Å². The van der Waals surface area contributed by atoms with Gasteiger partial charge in [0.15, 0.2) is 11.6 Å². The Kier molecular flexibility index (Phi) is 2.50. The molecule has 0 fully saturated rings. The Morgan fingerprint density at radius 2 is 2.05 bits per heavy atom. The maximum Gasteiger partial charge on any atom is 0.391 e. The number of imidazole rings is 1. The van der Waals surface area contributed by atoms with E-state index in [0.29, 0.717) is 17.0 Å². The fraction of sp³-hybridized carbons (Fsp3) is 0. The van der Waals surface area contributed by atoms with Crippen LogP contribution in [0.4, 0.5) is 5.69 Å². The molecule has 3 rings (SSSR count). The molecule has 3 aromatic rings. The summed E-state index contributed by atoms with van der Waals surface area (Å²) in [6, 6.07) is 7.87. The van der Waals surface area contributed by atoms with Crippen LogP contribution in [0.25, 0.3) is 22.6 Å². The molecule has 0 amide bonds. The predicted molar refractivity (Wildman–Crippen MR) is 69.9 cm³/mol. The monoisotopic (exact) mass is 279 g/mol. The van der Waals surface area contributed by atoms with Crippen LogP contribution in [0.3, 0.4) is 0 Å². The number of benzene rings is 1. The van der Waals surface area contributed by atoms with Gasteiger partial charge in [0.05, 0.1) is 11.0 Å². The number of aromatic amines is 1. The van der Waals surface area contributed by atoms with Crippen LogP contribution in [0.5, 0.6) is 0 Å². The molecular formula is C11H10N3O4P. The molecule has 98 valence electrons. The topological polar surface area (TPSA) is 125 Å². The van der Waals surface area contributed by atoms with Crippen molar-refractivity contribution in [3.05, 3.63) is 30.3 Å². The fourth-order valence-electron chi connectivity index (χ4n) is 1.76. The quantitative estimate of drug-likeness (QED) is 0.412. The predicted octanol–water partition coefficient (Wildman–Crippen LogP) is 1.21. The second-order valence-electron chi connectivity index (χ2n) is 4.04. The minimum Gasteiger partial charge on any atom is -0.445 e. The summed E-state index contributed by atoms with van der Waals surface area (Å²) in [5.41, 5.74) is 7.29. The zero-order chi connectivity index (χ0) is 13.6. The van der Waals surface area contributed by atoms with Gasteiger partial charge in [0.25, 0.3) is 0 Å². The Morgan fingerprint density at radius 3 is 2.74 bits per heavy atom. The molecule has 0 atom stereocenters.